The highest BCUT2D eigenvalue weighted by atomic mass is 35.5. The summed E-state index contributed by atoms with van der Waals surface area (Å²) >= 11 is 11.7. The highest BCUT2D eigenvalue weighted by Crippen LogP contribution is 2.25. The second kappa shape index (κ2) is 5.94. The number of carbonyl (C=O) groups is 1. The molecule has 0 heterocycles. The maximum Gasteiger partial charge on any atom is 0.320 e. The van der Waals surface area contributed by atoms with Crippen LogP contribution >= 0.6 is 23.2 Å². The summed E-state index contributed by atoms with van der Waals surface area (Å²) in [6, 6.07) is 6.29. The van der Waals surface area contributed by atoms with Crippen LogP contribution in [-0.4, -0.2) is 11.6 Å². The van der Waals surface area contributed by atoms with Gasteiger partial charge in [-0.15, -0.1) is 0 Å². The van der Waals surface area contributed by atoms with Crippen molar-refractivity contribution in [2.45, 2.75) is 25.8 Å². The Hall–Kier alpha value is -1.44. The van der Waals surface area contributed by atoms with Crippen LogP contribution in [0.15, 0.2) is 18.2 Å². The number of amides is 2. The van der Waals surface area contributed by atoms with Gasteiger partial charge in [0.1, 0.15) is 5.54 Å². The molecule has 0 saturated carbocycles. The second-order valence-electron chi connectivity index (χ2n) is 4.00. The molecule has 1 aromatic carbocycles. The monoisotopic (exact) mass is 285 g/mol. The van der Waals surface area contributed by atoms with Crippen molar-refractivity contribution in [3.05, 3.63) is 28.2 Å². The van der Waals surface area contributed by atoms with E-state index in [1.54, 1.807) is 25.1 Å². The van der Waals surface area contributed by atoms with E-state index < -0.39 is 11.6 Å². The highest BCUT2D eigenvalue weighted by molar-refractivity contribution is 6.35. The first-order chi connectivity index (χ1) is 8.40. The molecule has 1 atom stereocenters. The number of hydrogen-bond acceptors (Lipinski definition) is 2. The van der Waals surface area contributed by atoms with Crippen LogP contribution in [0.25, 0.3) is 0 Å². The van der Waals surface area contributed by atoms with Crippen LogP contribution in [0.4, 0.5) is 10.5 Å². The fraction of sp³-hybridized carbons (Fsp3) is 0.333. The third kappa shape index (κ3) is 3.80. The molecule has 0 aliphatic rings. The molecule has 18 heavy (non-hydrogen) atoms. The Labute approximate surface area is 116 Å². The summed E-state index contributed by atoms with van der Waals surface area (Å²) in [6.07, 6.45) is 0.500. The molecule has 1 unspecified atom stereocenters. The zero-order valence-electron chi connectivity index (χ0n) is 10.1. The molecular formula is C12H13Cl2N3O. The van der Waals surface area contributed by atoms with Gasteiger partial charge in [0.25, 0.3) is 0 Å². The quantitative estimate of drug-likeness (QED) is 0.887. The zero-order valence-corrected chi connectivity index (χ0v) is 11.6. The minimum Gasteiger partial charge on any atom is -0.320 e. The summed E-state index contributed by atoms with van der Waals surface area (Å²) in [5.41, 5.74) is -0.507. The highest BCUT2D eigenvalue weighted by Gasteiger charge is 2.23. The van der Waals surface area contributed by atoms with Gasteiger partial charge in [-0.05, 0) is 31.5 Å². The van der Waals surface area contributed by atoms with Crippen molar-refractivity contribution in [3.63, 3.8) is 0 Å². The molecule has 1 rings (SSSR count). The minimum atomic E-state index is -0.908. The molecule has 0 fully saturated rings. The first-order valence-corrected chi connectivity index (χ1v) is 6.11. The number of nitrogens with zero attached hydrogens (tertiary/aromatic N) is 1. The average molecular weight is 286 g/mol. The number of rotatable bonds is 3. The third-order valence-corrected chi connectivity index (χ3v) is 3.08. The Morgan fingerprint density at radius 3 is 2.72 bits per heavy atom. The second-order valence-corrected chi connectivity index (χ2v) is 4.84. The van der Waals surface area contributed by atoms with Crippen LogP contribution in [0.3, 0.4) is 0 Å². The molecule has 2 N–H and O–H groups in total. The lowest BCUT2D eigenvalue weighted by molar-refractivity contribution is 0.244. The van der Waals surface area contributed by atoms with E-state index in [0.717, 1.165) is 0 Å². The SMILES string of the molecule is CCC(C)(C#N)NC(=O)Nc1cc(Cl)ccc1Cl. The van der Waals surface area contributed by atoms with Gasteiger partial charge in [0, 0.05) is 5.02 Å². The number of benzene rings is 1. The van der Waals surface area contributed by atoms with Crippen LogP contribution in [0.1, 0.15) is 20.3 Å². The molecule has 96 valence electrons. The normalized spacial score (nSPS) is 13.3. The van der Waals surface area contributed by atoms with E-state index in [9.17, 15) is 4.79 Å². The number of anilines is 1. The number of nitrogens with one attached hydrogen (secondary N) is 2. The lowest BCUT2D eigenvalue weighted by Crippen LogP contribution is -2.46. The van der Waals surface area contributed by atoms with Gasteiger partial charge in [-0.3, -0.25) is 0 Å². The van der Waals surface area contributed by atoms with Crippen LogP contribution in [-0.2, 0) is 0 Å². The summed E-state index contributed by atoms with van der Waals surface area (Å²) in [6.45, 7) is 3.46. The summed E-state index contributed by atoms with van der Waals surface area (Å²) in [7, 11) is 0. The Balaban J connectivity index is 2.77. The van der Waals surface area contributed by atoms with E-state index in [1.807, 2.05) is 13.0 Å². The Kier molecular flexibility index (Phi) is 4.83. The van der Waals surface area contributed by atoms with Crippen LogP contribution < -0.4 is 10.6 Å². The molecule has 0 aromatic heterocycles. The van der Waals surface area contributed by atoms with E-state index in [-0.39, 0.29) is 0 Å². The van der Waals surface area contributed by atoms with Gasteiger partial charge >= 0.3 is 6.03 Å². The fourth-order valence-electron chi connectivity index (χ4n) is 1.19. The summed E-state index contributed by atoms with van der Waals surface area (Å²) in [5, 5.41) is 14.9. The maximum absolute atomic E-state index is 11.7. The largest absolute Gasteiger partial charge is 0.320 e. The standard InChI is InChI=1S/C12H13Cl2N3O/c1-3-12(2,7-15)17-11(18)16-10-6-8(13)4-5-9(10)14/h4-6H,3H2,1-2H3,(H2,16,17,18). The predicted octanol–water partition coefficient (Wildman–Crippen LogP) is 3.81. The average Bonchev–Trinajstić information content (AvgIpc) is 2.33. The molecule has 0 aliphatic carbocycles. The lowest BCUT2D eigenvalue weighted by Gasteiger charge is -2.21. The molecule has 1 aromatic rings. The zero-order chi connectivity index (χ0) is 13.8. The molecule has 4 nitrogen and oxygen atoms in total. The van der Waals surface area contributed by atoms with Crippen LogP contribution in [0.2, 0.25) is 10.0 Å². The Morgan fingerprint density at radius 1 is 1.50 bits per heavy atom. The van der Waals surface area contributed by atoms with Crippen molar-refractivity contribution in [1.82, 2.24) is 5.32 Å². The number of carbonyl (C=O) groups excluding carboxylic acids is 1. The lowest BCUT2D eigenvalue weighted by atomic mass is 10.0. The molecular weight excluding hydrogens is 273 g/mol. The van der Waals surface area contributed by atoms with Crippen molar-refractivity contribution in [3.8, 4) is 6.07 Å². The van der Waals surface area contributed by atoms with Gasteiger partial charge in [-0.2, -0.15) is 5.26 Å². The molecule has 0 aliphatic heterocycles. The van der Waals surface area contributed by atoms with E-state index in [2.05, 4.69) is 10.6 Å². The van der Waals surface area contributed by atoms with E-state index in [1.165, 1.54) is 0 Å². The van der Waals surface area contributed by atoms with Gasteiger partial charge in [-0.25, -0.2) is 4.79 Å². The molecule has 0 saturated heterocycles. The van der Waals surface area contributed by atoms with Crippen LogP contribution in [0, 0.1) is 11.3 Å². The van der Waals surface area contributed by atoms with Gasteiger partial charge in [0.05, 0.1) is 16.8 Å². The molecule has 6 heteroatoms. The molecule has 0 bridgehead atoms. The van der Waals surface area contributed by atoms with Crippen molar-refractivity contribution < 1.29 is 4.79 Å². The summed E-state index contributed by atoms with van der Waals surface area (Å²) in [4.78, 5) is 11.7. The van der Waals surface area contributed by atoms with Crippen LogP contribution in [0.5, 0.6) is 0 Å². The topological polar surface area (TPSA) is 64.9 Å². The number of halogens is 2. The predicted molar refractivity (Wildman–Crippen MR) is 72.9 cm³/mol. The van der Waals surface area contributed by atoms with E-state index in [4.69, 9.17) is 28.5 Å². The number of nitriles is 1. The van der Waals surface area contributed by atoms with E-state index >= 15 is 0 Å². The number of urea groups is 1. The van der Waals surface area contributed by atoms with Crippen molar-refractivity contribution in [2.75, 3.05) is 5.32 Å². The summed E-state index contributed by atoms with van der Waals surface area (Å²) < 4.78 is 0. The molecule has 2 amide bonds. The first-order valence-electron chi connectivity index (χ1n) is 5.35. The van der Waals surface area contributed by atoms with Gasteiger partial charge in [0.15, 0.2) is 0 Å². The third-order valence-electron chi connectivity index (χ3n) is 2.52. The Bertz CT molecular complexity index is 499. The molecule has 0 radical (unpaired) electrons. The molecule has 0 spiro atoms. The maximum atomic E-state index is 11.7. The van der Waals surface area contributed by atoms with Gasteiger partial charge < -0.3 is 10.6 Å². The number of hydrogen-bond donors (Lipinski definition) is 2. The first kappa shape index (κ1) is 14.6. The van der Waals surface area contributed by atoms with Crippen molar-refractivity contribution in [1.29, 1.82) is 5.26 Å². The van der Waals surface area contributed by atoms with E-state index in [0.29, 0.717) is 22.2 Å². The Morgan fingerprint density at radius 2 is 2.17 bits per heavy atom. The van der Waals surface area contributed by atoms with Gasteiger partial charge in [-0.1, -0.05) is 30.1 Å². The van der Waals surface area contributed by atoms with Gasteiger partial charge in [0.2, 0.25) is 0 Å². The fourth-order valence-corrected chi connectivity index (χ4v) is 1.53. The smallest absolute Gasteiger partial charge is 0.320 e. The van der Waals surface area contributed by atoms with Crippen molar-refractivity contribution >= 4 is 34.9 Å². The minimum absolute atomic E-state index is 0.379. The summed E-state index contributed by atoms with van der Waals surface area (Å²) in [5.74, 6) is 0. The van der Waals surface area contributed by atoms with Crippen molar-refractivity contribution in [2.24, 2.45) is 0 Å².